The third-order valence-electron chi connectivity index (χ3n) is 6.19. The quantitative estimate of drug-likeness (QED) is 0.410. The Morgan fingerprint density at radius 2 is 1.82 bits per heavy atom. The third kappa shape index (κ3) is 4.45. The van der Waals surface area contributed by atoms with Crippen LogP contribution in [0.25, 0.3) is 16.6 Å². The van der Waals surface area contributed by atoms with Gasteiger partial charge in [0, 0.05) is 61.1 Å². The van der Waals surface area contributed by atoms with E-state index in [1.165, 1.54) is 10.5 Å². The van der Waals surface area contributed by atoms with E-state index in [0.717, 1.165) is 60.7 Å². The molecule has 0 spiro atoms. The number of thioether (sulfide) groups is 1. The highest BCUT2D eigenvalue weighted by Crippen LogP contribution is 2.29. The number of rotatable bonds is 5. The number of nitriles is 1. The molecule has 1 aromatic carbocycles. The summed E-state index contributed by atoms with van der Waals surface area (Å²) in [4.78, 5) is 10.9. The summed E-state index contributed by atoms with van der Waals surface area (Å²) in [5.41, 5.74) is 5.85. The number of fused-ring (bicyclic) bond motifs is 1. The maximum absolute atomic E-state index is 9.49. The Kier molecular flexibility index (Phi) is 6.03. The molecule has 33 heavy (non-hydrogen) atoms. The molecule has 0 unspecified atom stereocenters. The lowest BCUT2D eigenvalue weighted by molar-refractivity contribution is 0.249. The van der Waals surface area contributed by atoms with Crippen molar-refractivity contribution < 1.29 is 0 Å². The molecule has 6 nitrogen and oxygen atoms in total. The van der Waals surface area contributed by atoms with Crippen LogP contribution in [0.5, 0.6) is 0 Å². The van der Waals surface area contributed by atoms with E-state index in [4.69, 9.17) is 4.98 Å². The zero-order valence-electron chi connectivity index (χ0n) is 18.9. The van der Waals surface area contributed by atoms with E-state index in [9.17, 15) is 5.26 Å². The molecular formula is C26H26N6S. The molecule has 4 heterocycles. The number of aryl methyl sites for hydroxylation is 1. The fourth-order valence-corrected chi connectivity index (χ4v) is 4.82. The molecule has 0 aliphatic carbocycles. The van der Waals surface area contributed by atoms with Crippen molar-refractivity contribution in [1.82, 2.24) is 19.5 Å². The van der Waals surface area contributed by atoms with Crippen LogP contribution in [0.2, 0.25) is 0 Å². The highest BCUT2D eigenvalue weighted by Gasteiger charge is 2.19. The van der Waals surface area contributed by atoms with Gasteiger partial charge in [-0.2, -0.15) is 10.4 Å². The molecule has 1 fully saturated rings. The standard InChI is InChI=1S/C26H26N6S/c1-19-13-24(26-22(14-27)16-29-32(26)17-19)21-5-8-25(28-15-21)31-11-9-30(10-12-31)18-20-3-6-23(33-2)7-4-20/h3-8,13,15-17H,9-12,18H2,1-2H3. The minimum absolute atomic E-state index is 0.577. The van der Waals surface area contributed by atoms with Crippen molar-refractivity contribution >= 4 is 23.1 Å². The molecule has 0 radical (unpaired) electrons. The van der Waals surface area contributed by atoms with E-state index in [1.807, 2.05) is 19.3 Å². The van der Waals surface area contributed by atoms with Crippen molar-refractivity contribution in [3.63, 3.8) is 0 Å². The Bertz CT molecular complexity index is 1300. The van der Waals surface area contributed by atoms with Crippen LogP contribution in [0, 0.1) is 18.3 Å². The van der Waals surface area contributed by atoms with Crippen molar-refractivity contribution in [2.75, 3.05) is 37.3 Å². The normalized spacial score (nSPS) is 14.5. The molecule has 0 bridgehead atoms. The highest BCUT2D eigenvalue weighted by molar-refractivity contribution is 7.98. The zero-order chi connectivity index (χ0) is 22.8. The van der Waals surface area contributed by atoms with Crippen LogP contribution in [0.1, 0.15) is 16.7 Å². The number of nitrogens with zero attached hydrogens (tertiary/aromatic N) is 6. The first kappa shape index (κ1) is 21.5. The van der Waals surface area contributed by atoms with Crippen LogP contribution in [-0.4, -0.2) is 51.9 Å². The first-order chi connectivity index (χ1) is 16.1. The number of pyridine rings is 2. The topological polar surface area (TPSA) is 60.5 Å². The lowest BCUT2D eigenvalue weighted by Crippen LogP contribution is -2.46. The number of hydrogen-bond acceptors (Lipinski definition) is 6. The number of aromatic nitrogens is 3. The van der Waals surface area contributed by atoms with Crippen LogP contribution in [0.15, 0.2) is 66.0 Å². The van der Waals surface area contributed by atoms with Gasteiger partial charge in [-0.1, -0.05) is 12.1 Å². The van der Waals surface area contributed by atoms with Gasteiger partial charge in [-0.25, -0.2) is 9.50 Å². The van der Waals surface area contributed by atoms with Crippen LogP contribution >= 0.6 is 11.8 Å². The van der Waals surface area contributed by atoms with E-state index in [-0.39, 0.29) is 0 Å². The predicted molar refractivity (Wildman–Crippen MR) is 134 cm³/mol. The minimum Gasteiger partial charge on any atom is -0.354 e. The van der Waals surface area contributed by atoms with E-state index >= 15 is 0 Å². The first-order valence-corrected chi connectivity index (χ1v) is 12.3. The molecule has 166 valence electrons. The van der Waals surface area contributed by atoms with Gasteiger partial charge in [0.25, 0.3) is 0 Å². The second-order valence-electron chi connectivity index (χ2n) is 8.41. The Balaban J connectivity index is 1.28. The van der Waals surface area contributed by atoms with E-state index in [0.29, 0.717) is 5.56 Å². The molecular weight excluding hydrogens is 428 g/mol. The van der Waals surface area contributed by atoms with Gasteiger partial charge in [0.1, 0.15) is 11.9 Å². The molecule has 5 rings (SSSR count). The summed E-state index contributed by atoms with van der Waals surface area (Å²) in [6.45, 7) is 7.00. The fraction of sp³-hybridized carbons (Fsp3) is 0.269. The zero-order valence-corrected chi connectivity index (χ0v) is 19.7. The molecule has 0 N–H and O–H groups in total. The SMILES string of the molecule is CSc1ccc(CN2CCN(c3ccc(-c4cc(C)cn5ncc(C#N)c45)cn3)CC2)cc1. The summed E-state index contributed by atoms with van der Waals surface area (Å²) in [7, 11) is 0. The molecule has 0 saturated carbocycles. The van der Waals surface area contributed by atoms with Crippen molar-refractivity contribution in [2.45, 2.75) is 18.4 Å². The summed E-state index contributed by atoms with van der Waals surface area (Å²) in [5.74, 6) is 1.00. The van der Waals surface area contributed by atoms with Gasteiger partial charge >= 0.3 is 0 Å². The third-order valence-corrected chi connectivity index (χ3v) is 6.93. The number of piperazine rings is 1. The number of hydrogen-bond donors (Lipinski definition) is 0. The smallest absolute Gasteiger partial charge is 0.128 e. The Labute approximate surface area is 198 Å². The molecule has 0 atom stereocenters. The number of benzene rings is 1. The average Bonchev–Trinajstić information content (AvgIpc) is 3.27. The Morgan fingerprint density at radius 3 is 2.48 bits per heavy atom. The van der Waals surface area contributed by atoms with E-state index in [2.05, 4.69) is 69.7 Å². The lowest BCUT2D eigenvalue weighted by Gasteiger charge is -2.35. The maximum Gasteiger partial charge on any atom is 0.128 e. The lowest BCUT2D eigenvalue weighted by atomic mass is 10.0. The molecule has 1 saturated heterocycles. The van der Waals surface area contributed by atoms with Crippen molar-refractivity contribution in [2.24, 2.45) is 0 Å². The molecule has 3 aromatic heterocycles. The van der Waals surface area contributed by atoms with Gasteiger partial charge in [0.05, 0.1) is 17.3 Å². The van der Waals surface area contributed by atoms with Crippen LogP contribution in [0.3, 0.4) is 0 Å². The van der Waals surface area contributed by atoms with Gasteiger partial charge in [-0.15, -0.1) is 11.8 Å². The van der Waals surface area contributed by atoms with Gasteiger partial charge in [0.15, 0.2) is 0 Å². The largest absolute Gasteiger partial charge is 0.354 e. The summed E-state index contributed by atoms with van der Waals surface area (Å²) in [6, 6.07) is 17.4. The van der Waals surface area contributed by atoms with Crippen molar-refractivity contribution in [3.8, 4) is 17.2 Å². The Morgan fingerprint density at radius 1 is 1.03 bits per heavy atom. The molecule has 1 aliphatic heterocycles. The predicted octanol–water partition coefficient (Wildman–Crippen LogP) is 4.62. The second-order valence-corrected chi connectivity index (χ2v) is 9.29. The molecule has 7 heteroatoms. The van der Waals surface area contributed by atoms with Crippen LogP contribution < -0.4 is 4.90 Å². The first-order valence-electron chi connectivity index (χ1n) is 11.1. The molecule has 0 amide bonds. The molecule has 1 aliphatic rings. The fourth-order valence-electron chi connectivity index (χ4n) is 4.41. The van der Waals surface area contributed by atoms with Crippen LogP contribution in [0.4, 0.5) is 5.82 Å². The maximum atomic E-state index is 9.49. The average molecular weight is 455 g/mol. The Hall–Kier alpha value is -3.34. The van der Waals surface area contributed by atoms with Gasteiger partial charge < -0.3 is 4.90 Å². The van der Waals surface area contributed by atoms with Gasteiger partial charge in [-0.3, -0.25) is 4.90 Å². The monoisotopic (exact) mass is 454 g/mol. The van der Waals surface area contributed by atoms with Crippen molar-refractivity contribution in [1.29, 1.82) is 5.26 Å². The summed E-state index contributed by atoms with van der Waals surface area (Å²) < 4.78 is 1.78. The van der Waals surface area contributed by atoms with E-state index in [1.54, 1.807) is 22.5 Å². The summed E-state index contributed by atoms with van der Waals surface area (Å²) >= 11 is 1.78. The highest BCUT2D eigenvalue weighted by atomic mass is 32.2. The minimum atomic E-state index is 0.577. The van der Waals surface area contributed by atoms with Crippen molar-refractivity contribution in [3.05, 3.63) is 77.7 Å². The van der Waals surface area contributed by atoms with Gasteiger partial charge in [0.2, 0.25) is 0 Å². The molecule has 4 aromatic rings. The van der Waals surface area contributed by atoms with E-state index < -0.39 is 0 Å². The summed E-state index contributed by atoms with van der Waals surface area (Å²) in [6.07, 6.45) is 7.59. The number of anilines is 1. The van der Waals surface area contributed by atoms with Gasteiger partial charge in [-0.05, 0) is 54.6 Å². The van der Waals surface area contributed by atoms with Crippen LogP contribution in [-0.2, 0) is 6.54 Å². The second kappa shape index (κ2) is 9.26. The summed E-state index contributed by atoms with van der Waals surface area (Å²) in [5, 5.41) is 13.8.